The largest absolute Gasteiger partial charge is 0.352 e. The van der Waals surface area contributed by atoms with Gasteiger partial charge in [-0.3, -0.25) is 9.48 Å². The highest BCUT2D eigenvalue weighted by molar-refractivity contribution is 7.89. The summed E-state index contributed by atoms with van der Waals surface area (Å²) >= 11 is 0. The average Bonchev–Trinajstić information content (AvgIpc) is 3.20. The molecule has 7 nitrogen and oxygen atoms in total. The van der Waals surface area contributed by atoms with Gasteiger partial charge in [-0.1, -0.05) is 45.0 Å². The van der Waals surface area contributed by atoms with Crippen LogP contribution in [0.2, 0.25) is 0 Å². The number of amides is 1. The zero-order valence-electron chi connectivity index (χ0n) is 19.6. The molecular formula is C25H32N4O3S. The van der Waals surface area contributed by atoms with Gasteiger partial charge >= 0.3 is 0 Å². The molecule has 0 fully saturated rings. The van der Waals surface area contributed by atoms with E-state index in [0.29, 0.717) is 12.1 Å². The molecule has 1 amide bonds. The van der Waals surface area contributed by atoms with E-state index in [9.17, 15) is 13.2 Å². The minimum Gasteiger partial charge on any atom is -0.352 e. The molecule has 176 valence electrons. The Bertz CT molecular complexity index is 1180. The van der Waals surface area contributed by atoms with Crippen LogP contribution in [-0.4, -0.2) is 30.7 Å². The number of nitrogens with zero attached hydrogens (tertiary/aromatic N) is 2. The Morgan fingerprint density at radius 1 is 1.03 bits per heavy atom. The Labute approximate surface area is 196 Å². The van der Waals surface area contributed by atoms with Gasteiger partial charge in [0.2, 0.25) is 10.0 Å². The van der Waals surface area contributed by atoms with Crippen molar-refractivity contribution in [2.45, 2.75) is 57.5 Å². The summed E-state index contributed by atoms with van der Waals surface area (Å²) in [4.78, 5) is 12.6. The molecule has 3 rings (SSSR count). The zero-order chi connectivity index (χ0) is 24.1. The van der Waals surface area contributed by atoms with E-state index in [1.807, 2.05) is 36.1 Å². The summed E-state index contributed by atoms with van der Waals surface area (Å²) in [6, 6.07) is 13.9. The van der Waals surface area contributed by atoms with Gasteiger partial charge in [-0.05, 0) is 59.7 Å². The van der Waals surface area contributed by atoms with Crippen LogP contribution in [0, 0.1) is 6.92 Å². The minimum absolute atomic E-state index is 0.0390. The third-order valence-corrected chi connectivity index (χ3v) is 6.74. The van der Waals surface area contributed by atoms with Gasteiger partial charge in [0.1, 0.15) is 0 Å². The third-order valence-electron chi connectivity index (χ3n) is 5.32. The number of carbonyl (C=O) groups excluding carboxylic acids is 1. The van der Waals surface area contributed by atoms with Crippen LogP contribution in [0.25, 0.3) is 0 Å². The van der Waals surface area contributed by atoms with Gasteiger partial charge in [0.25, 0.3) is 5.91 Å². The molecule has 0 unspecified atom stereocenters. The van der Waals surface area contributed by atoms with Crippen LogP contribution in [0.1, 0.15) is 54.2 Å². The van der Waals surface area contributed by atoms with Crippen molar-refractivity contribution in [2.24, 2.45) is 0 Å². The predicted molar refractivity (Wildman–Crippen MR) is 130 cm³/mol. The van der Waals surface area contributed by atoms with Crippen LogP contribution in [0.4, 0.5) is 0 Å². The van der Waals surface area contributed by atoms with E-state index < -0.39 is 10.0 Å². The predicted octanol–water partition coefficient (Wildman–Crippen LogP) is 3.79. The van der Waals surface area contributed by atoms with Crippen molar-refractivity contribution in [3.63, 3.8) is 0 Å². The molecular weight excluding hydrogens is 436 g/mol. The molecule has 0 saturated heterocycles. The second-order valence-electron chi connectivity index (χ2n) is 9.19. The Morgan fingerprint density at radius 3 is 2.27 bits per heavy atom. The second kappa shape index (κ2) is 10.3. The van der Waals surface area contributed by atoms with Crippen molar-refractivity contribution in [1.82, 2.24) is 19.8 Å². The normalized spacial score (nSPS) is 12.0. The zero-order valence-corrected chi connectivity index (χ0v) is 20.4. The molecule has 2 aromatic carbocycles. The van der Waals surface area contributed by atoms with Crippen molar-refractivity contribution in [2.75, 3.05) is 6.54 Å². The lowest BCUT2D eigenvalue weighted by atomic mass is 9.87. The summed E-state index contributed by atoms with van der Waals surface area (Å²) < 4.78 is 29.7. The molecule has 0 bridgehead atoms. The van der Waals surface area contributed by atoms with Gasteiger partial charge in [0.15, 0.2) is 0 Å². The first-order valence-corrected chi connectivity index (χ1v) is 12.5. The van der Waals surface area contributed by atoms with E-state index in [-0.39, 0.29) is 22.8 Å². The van der Waals surface area contributed by atoms with E-state index >= 15 is 0 Å². The first-order chi connectivity index (χ1) is 15.5. The monoisotopic (exact) mass is 468 g/mol. The first kappa shape index (κ1) is 24.7. The molecule has 1 heterocycles. The standard InChI is InChI=1S/C25H32N4O3S/c1-19-16-27-29(18-19)15-5-14-26-24(30)21-8-6-20(7-9-21)17-28-33(31,32)23-12-10-22(11-13-23)25(2,3)4/h6-13,16,18,28H,5,14-15,17H2,1-4H3,(H,26,30). The van der Waals surface area contributed by atoms with Gasteiger partial charge in [-0.15, -0.1) is 0 Å². The highest BCUT2D eigenvalue weighted by atomic mass is 32.2. The highest BCUT2D eigenvalue weighted by Crippen LogP contribution is 2.23. The summed E-state index contributed by atoms with van der Waals surface area (Å²) in [7, 11) is -3.62. The van der Waals surface area contributed by atoms with E-state index in [4.69, 9.17) is 0 Å². The van der Waals surface area contributed by atoms with Crippen molar-refractivity contribution < 1.29 is 13.2 Å². The highest BCUT2D eigenvalue weighted by Gasteiger charge is 2.17. The number of rotatable bonds is 9. The van der Waals surface area contributed by atoms with Crippen LogP contribution in [0.5, 0.6) is 0 Å². The summed E-state index contributed by atoms with van der Waals surface area (Å²) in [6.45, 7) is 9.68. The second-order valence-corrected chi connectivity index (χ2v) is 11.0. The Hall–Kier alpha value is -2.97. The maximum atomic E-state index is 12.6. The Kier molecular flexibility index (Phi) is 7.71. The first-order valence-electron chi connectivity index (χ1n) is 11.0. The fraction of sp³-hybridized carbons (Fsp3) is 0.360. The molecule has 1 aromatic heterocycles. The van der Waals surface area contributed by atoms with Gasteiger partial charge in [-0.2, -0.15) is 5.10 Å². The van der Waals surface area contributed by atoms with Crippen LogP contribution < -0.4 is 10.0 Å². The number of nitrogens with one attached hydrogen (secondary N) is 2. The molecule has 0 atom stereocenters. The smallest absolute Gasteiger partial charge is 0.251 e. The van der Waals surface area contributed by atoms with Crippen LogP contribution in [0.15, 0.2) is 65.8 Å². The number of aryl methyl sites for hydroxylation is 2. The van der Waals surface area contributed by atoms with Crippen molar-refractivity contribution >= 4 is 15.9 Å². The van der Waals surface area contributed by atoms with Gasteiger partial charge < -0.3 is 5.32 Å². The number of hydrogen-bond acceptors (Lipinski definition) is 4. The van der Waals surface area contributed by atoms with Crippen LogP contribution in [-0.2, 0) is 28.5 Å². The number of hydrogen-bond donors (Lipinski definition) is 2. The molecule has 3 aromatic rings. The molecule has 2 N–H and O–H groups in total. The summed E-state index contributed by atoms with van der Waals surface area (Å²) in [6.07, 6.45) is 4.56. The summed E-state index contributed by atoms with van der Waals surface area (Å²) in [5.74, 6) is -0.155. The molecule has 8 heteroatoms. The SMILES string of the molecule is Cc1cnn(CCCNC(=O)c2ccc(CNS(=O)(=O)c3ccc(C(C)(C)C)cc3)cc2)c1. The molecule has 0 spiro atoms. The van der Waals surface area contributed by atoms with E-state index in [2.05, 4.69) is 35.9 Å². The van der Waals surface area contributed by atoms with E-state index in [1.165, 1.54) is 0 Å². The number of carbonyl (C=O) groups is 1. The van der Waals surface area contributed by atoms with Crippen molar-refractivity contribution in [1.29, 1.82) is 0 Å². The molecule has 33 heavy (non-hydrogen) atoms. The lowest BCUT2D eigenvalue weighted by Crippen LogP contribution is -2.25. The maximum Gasteiger partial charge on any atom is 0.251 e. The van der Waals surface area contributed by atoms with Crippen molar-refractivity contribution in [3.8, 4) is 0 Å². The summed E-state index contributed by atoms with van der Waals surface area (Å²) in [5, 5.41) is 7.12. The fourth-order valence-electron chi connectivity index (χ4n) is 3.30. The fourth-order valence-corrected chi connectivity index (χ4v) is 4.32. The Morgan fingerprint density at radius 2 is 1.70 bits per heavy atom. The summed E-state index contributed by atoms with van der Waals surface area (Å²) in [5.41, 5.74) is 3.46. The van der Waals surface area contributed by atoms with E-state index in [1.54, 1.807) is 36.4 Å². The van der Waals surface area contributed by atoms with Crippen molar-refractivity contribution in [3.05, 3.63) is 83.2 Å². The molecule has 0 aliphatic rings. The molecule has 0 aliphatic heterocycles. The number of aromatic nitrogens is 2. The molecule has 0 radical (unpaired) electrons. The Balaban J connectivity index is 1.48. The minimum atomic E-state index is -3.62. The maximum absolute atomic E-state index is 12.6. The van der Waals surface area contributed by atoms with Gasteiger partial charge in [-0.25, -0.2) is 13.1 Å². The lowest BCUT2D eigenvalue weighted by molar-refractivity contribution is 0.0952. The lowest BCUT2D eigenvalue weighted by Gasteiger charge is -2.19. The number of benzene rings is 2. The quantitative estimate of drug-likeness (QED) is 0.467. The molecule has 0 aliphatic carbocycles. The van der Waals surface area contributed by atoms with Crippen LogP contribution >= 0.6 is 0 Å². The van der Waals surface area contributed by atoms with Gasteiger partial charge in [0.05, 0.1) is 11.1 Å². The van der Waals surface area contributed by atoms with Crippen LogP contribution in [0.3, 0.4) is 0 Å². The van der Waals surface area contributed by atoms with E-state index in [0.717, 1.165) is 29.7 Å². The third kappa shape index (κ3) is 7.00. The number of sulfonamides is 1. The average molecular weight is 469 g/mol. The van der Waals surface area contributed by atoms with Gasteiger partial charge in [0, 0.05) is 31.4 Å². The topological polar surface area (TPSA) is 93.1 Å². The molecule has 0 saturated carbocycles.